The molecule has 2 heterocycles. The fourth-order valence-corrected chi connectivity index (χ4v) is 4.93. The number of H-pyrrole nitrogens is 2. The van der Waals surface area contributed by atoms with Gasteiger partial charge in [-0.15, -0.1) is 0 Å². The minimum atomic E-state index is -4.49. The number of ether oxygens (including phenoxy) is 3. The molecule has 0 saturated carbocycles. The van der Waals surface area contributed by atoms with Gasteiger partial charge in [-0.1, -0.05) is 35.9 Å². The summed E-state index contributed by atoms with van der Waals surface area (Å²) in [5.74, 6) is 0.373. The van der Waals surface area contributed by atoms with Gasteiger partial charge >= 0.3 is 12.1 Å². The average Bonchev–Trinajstić information content (AvgIpc) is 3.55. The number of hydrogen-bond acceptors (Lipinski definition) is 6. The second kappa shape index (κ2) is 13.4. The number of benzene rings is 3. The Bertz CT molecular complexity index is 1870. The number of halogens is 4. The predicted molar refractivity (Wildman–Crippen MR) is 167 cm³/mol. The standard InChI is InChI=1S/C33H32ClF3N4O5/c1-32(2,3)46-28(42)19-44-16-17-45-24-12-4-20(5-13-24)6-14-25-29(21-7-9-22(10-8-21)33(35,36)37)40-41(30(25)43)31-38-26-15-11-23(34)18-27(26)39-31/h4-5,7-13,15,18,40H,6,14,16-17,19H2,1-3H3,(H,38,39). The molecule has 0 aliphatic rings. The van der Waals surface area contributed by atoms with Gasteiger partial charge < -0.3 is 19.2 Å². The molecular formula is C33H32ClF3N4O5. The summed E-state index contributed by atoms with van der Waals surface area (Å²) in [5, 5.41) is 3.54. The fourth-order valence-electron chi connectivity index (χ4n) is 4.76. The number of esters is 1. The Morgan fingerprint density at radius 2 is 1.67 bits per heavy atom. The number of aromatic amines is 2. The quantitative estimate of drug-likeness (QED) is 0.118. The Hall–Kier alpha value is -4.55. The van der Waals surface area contributed by atoms with E-state index in [-0.39, 0.29) is 31.3 Å². The van der Waals surface area contributed by atoms with Crippen LogP contribution in [-0.4, -0.2) is 51.1 Å². The van der Waals surface area contributed by atoms with Crippen LogP contribution in [0.2, 0.25) is 5.02 Å². The van der Waals surface area contributed by atoms with Crippen LogP contribution in [0, 0.1) is 0 Å². The van der Waals surface area contributed by atoms with Gasteiger partial charge in [0.2, 0.25) is 5.95 Å². The maximum atomic E-state index is 13.7. The summed E-state index contributed by atoms with van der Waals surface area (Å²) in [7, 11) is 0. The van der Waals surface area contributed by atoms with Crippen molar-refractivity contribution in [2.75, 3.05) is 19.8 Å². The van der Waals surface area contributed by atoms with Crippen molar-refractivity contribution < 1.29 is 32.2 Å². The zero-order valence-corrected chi connectivity index (χ0v) is 26.1. The number of alkyl halides is 3. The van der Waals surface area contributed by atoms with Gasteiger partial charge in [0.1, 0.15) is 24.6 Å². The normalized spacial score (nSPS) is 12.1. The van der Waals surface area contributed by atoms with Gasteiger partial charge in [-0.2, -0.15) is 17.9 Å². The molecule has 0 fully saturated rings. The van der Waals surface area contributed by atoms with Gasteiger partial charge in [-0.3, -0.25) is 9.89 Å². The zero-order valence-electron chi connectivity index (χ0n) is 25.3. The van der Waals surface area contributed by atoms with E-state index in [4.69, 9.17) is 25.8 Å². The first kappa shape index (κ1) is 32.8. The molecule has 242 valence electrons. The molecule has 2 aromatic heterocycles. The summed E-state index contributed by atoms with van der Waals surface area (Å²) in [4.78, 5) is 33.0. The molecule has 0 unspecified atom stereocenters. The van der Waals surface area contributed by atoms with E-state index in [0.29, 0.717) is 51.5 Å². The Balaban J connectivity index is 1.29. The third-order valence-electron chi connectivity index (χ3n) is 6.85. The van der Waals surface area contributed by atoms with Crippen LogP contribution >= 0.6 is 11.6 Å². The lowest BCUT2D eigenvalue weighted by Gasteiger charge is -2.19. The minimum absolute atomic E-state index is 0.167. The lowest BCUT2D eigenvalue weighted by atomic mass is 10.0. The molecule has 0 saturated heterocycles. The maximum absolute atomic E-state index is 13.7. The Labute approximate surface area is 267 Å². The Morgan fingerprint density at radius 1 is 0.957 bits per heavy atom. The van der Waals surface area contributed by atoms with Gasteiger partial charge in [0.15, 0.2) is 0 Å². The van der Waals surface area contributed by atoms with Crippen LogP contribution < -0.4 is 10.3 Å². The molecule has 13 heteroatoms. The number of aromatic nitrogens is 4. The van der Waals surface area contributed by atoms with Gasteiger partial charge in [0, 0.05) is 10.6 Å². The van der Waals surface area contributed by atoms with Crippen molar-refractivity contribution in [1.82, 2.24) is 19.7 Å². The van der Waals surface area contributed by atoms with E-state index in [1.165, 1.54) is 16.8 Å². The van der Waals surface area contributed by atoms with Crippen LogP contribution in [0.4, 0.5) is 13.2 Å². The van der Waals surface area contributed by atoms with Crippen LogP contribution in [0.15, 0.2) is 71.5 Å². The molecule has 3 aromatic carbocycles. The van der Waals surface area contributed by atoms with Crippen LogP contribution in [0.5, 0.6) is 5.75 Å². The number of rotatable bonds is 11. The van der Waals surface area contributed by atoms with E-state index >= 15 is 0 Å². The third-order valence-corrected chi connectivity index (χ3v) is 7.09. The highest BCUT2D eigenvalue weighted by Gasteiger charge is 2.30. The molecule has 0 aliphatic carbocycles. The second-order valence-corrected chi connectivity index (χ2v) is 12.0. The van der Waals surface area contributed by atoms with Gasteiger partial charge in [-0.05, 0) is 87.2 Å². The lowest BCUT2D eigenvalue weighted by Crippen LogP contribution is -2.27. The van der Waals surface area contributed by atoms with Crippen LogP contribution in [0.1, 0.15) is 37.5 Å². The number of nitrogens with zero attached hydrogens (tertiary/aromatic N) is 2. The van der Waals surface area contributed by atoms with Crippen molar-refractivity contribution in [3.63, 3.8) is 0 Å². The summed E-state index contributed by atoms with van der Waals surface area (Å²) in [6.45, 7) is 5.61. The number of carbonyl (C=O) groups excluding carboxylic acids is 1. The Kier molecular flexibility index (Phi) is 9.59. The summed E-state index contributed by atoms with van der Waals surface area (Å²) in [6.07, 6.45) is -3.72. The van der Waals surface area contributed by atoms with E-state index in [0.717, 1.165) is 17.7 Å². The summed E-state index contributed by atoms with van der Waals surface area (Å²) in [5.41, 5.74) is 1.59. The number of carbonyl (C=O) groups is 1. The first-order valence-electron chi connectivity index (χ1n) is 14.5. The third kappa shape index (κ3) is 8.18. The highest BCUT2D eigenvalue weighted by molar-refractivity contribution is 6.31. The van der Waals surface area contributed by atoms with Crippen molar-refractivity contribution in [3.8, 4) is 23.0 Å². The highest BCUT2D eigenvalue weighted by Crippen LogP contribution is 2.31. The van der Waals surface area contributed by atoms with Crippen molar-refractivity contribution in [1.29, 1.82) is 0 Å². The second-order valence-electron chi connectivity index (χ2n) is 11.5. The summed E-state index contributed by atoms with van der Waals surface area (Å²) < 4.78 is 57.1. The number of hydrogen-bond donors (Lipinski definition) is 2. The number of nitrogens with one attached hydrogen (secondary N) is 2. The monoisotopic (exact) mass is 656 g/mol. The zero-order chi connectivity index (χ0) is 33.1. The van der Waals surface area contributed by atoms with Crippen LogP contribution in [-0.2, 0) is 33.3 Å². The van der Waals surface area contributed by atoms with E-state index in [1.54, 1.807) is 51.1 Å². The predicted octanol–water partition coefficient (Wildman–Crippen LogP) is 6.90. The molecule has 2 N–H and O–H groups in total. The lowest BCUT2D eigenvalue weighted by molar-refractivity contribution is -0.160. The summed E-state index contributed by atoms with van der Waals surface area (Å²) in [6, 6.07) is 17.0. The Morgan fingerprint density at radius 3 is 2.35 bits per heavy atom. The molecule has 0 atom stereocenters. The average molecular weight is 657 g/mol. The van der Waals surface area contributed by atoms with Gasteiger partial charge in [0.25, 0.3) is 5.56 Å². The molecule has 0 amide bonds. The summed E-state index contributed by atoms with van der Waals surface area (Å²) >= 11 is 6.10. The van der Waals surface area contributed by atoms with Crippen LogP contribution in [0.25, 0.3) is 28.2 Å². The smallest absolute Gasteiger partial charge is 0.416 e. The molecule has 5 aromatic rings. The fraction of sp³-hybridized carbons (Fsp3) is 0.303. The van der Waals surface area contributed by atoms with Crippen molar-refractivity contribution in [3.05, 3.63) is 98.8 Å². The molecule has 5 rings (SSSR count). The number of aryl methyl sites for hydroxylation is 1. The van der Waals surface area contributed by atoms with Crippen molar-refractivity contribution in [2.24, 2.45) is 0 Å². The molecule has 9 nitrogen and oxygen atoms in total. The van der Waals surface area contributed by atoms with E-state index in [2.05, 4.69) is 15.1 Å². The highest BCUT2D eigenvalue weighted by atomic mass is 35.5. The maximum Gasteiger partial charge on any atom is 0.416 e. The molecule has 46 heavy (non-hydrogen) atoms. The van der Waals surface area contributed by atoms with Crippen molar-refractivity contribution in [2.45, 2.75) is 45.4 Å². The molecule has 0 spiro atoms. The topological polar surface area (TPSA) is 111 Å². The first-order valence-corrected chi connectivity index (χ1v) is 14.8. The SMILES string of the molecule is CC(C)(C)OC(=O)COCCOc1ccc(CCc2c(-c3ccc(C(F)(F)F)cc3)[nH]n(-c3nc4ccc(Cl)cc4[nH]3)c2=O)cc1. The van der Waals surface area contributed by atoms with E-state index in [9.17, 15) is 22.8 Å². The largest absolute Gasteiger partial charge is 0.491 e. The van der Waals surface area contributed by atoms with E-state index < -0.39 is 23.3 Å². The van der Waals surface area contributed by atoms with Gasteiger partial charge in [0.05, 0.1) is 28.9 Å². The van der Waals surface area contributed by atoms with Crippen molar-refractivity contribution >= 4 is 28.6 Å². The molecular weight excluding hydrogens is 625 g/mol. The molecule has 0 aliphatic heterocycles. The van der Waals surface area contributed by atoms with Crippen LogP contribution in [0.3, 0.4) is 0 Å². The number of fused-ring (bicyclic) bond motifs is 1. The molecule has 0 bridgehead atoms. The first-order chi connectivity index (χ1) is 21.8. The number of imidazole rings is 1. The minimum Gasteiger partial charge on any atom is -0.491 e. The van der Waals surface area contributed by atoms with E-state index in [1.807, 2.05) is 12.1 Å². The van der Waals surface area contributed by atoms with Gasteiger partial charge in [-0.25, -0.2) is 9.78 Å². The molecule has 0 radical (unpaired) electrons.